The Bertz CT molecular complexity index is 1040. The molecule has 0 aromatic heterocycles. The number of anilines is 1. The van der Waals surface area contributed by atoms with Crippen molar-refractivity contribution in [2.75, 3.05) is 18.4 Å². The number of halogens is 1. The SMILES string of the molecule is O=C(Nc1ccccc1C(=O)N1CCC(c2ccccc2)C1)c1ccccc1F. The van der Waals surface area contributed by atoms with Crippen molar-refractivity contribution in [3.8, 4) is 0 Å². The third kappa shape index (κ3) is 4.04. The fourth-order valence-corrected chi connectivity index (χ4v) is 3.73. The van der Waals surface area contributed by atoms with Gasteiger partial charge in [0.05, 0.1) is 16.8 Å². The Hall–Kier alpha value is -3.47. The molecule has 3 aromatic carbocycles. The fraction of sp³-hybridized carbons (Fsp3) is 0.167. The second-order valence-corrected chi connectivity index (χ2v) is 7.13. The van der Waals surface area contributed by atoms with Gasteiger partial charge in [0.25, 0.3) is 11.8 Å². The Balaban J connectivity index is 1.52. The van der Waals surface area contributed by atoms with E-state index >= 15 is 0 Å². The quantitative estimate of drug-likeness (QED) is 0.704. The number of hydrogen-bond acceptors (Lipinski definition) is 2. The summed E-state index contributed by atoms with van der Waals surface area (Å²) in [5, 5.41) is 2.69. The van der Waals surface area contributed by atoms with Gasteiger partial charge in [-0.3, -0.25) is 9.59 Å². The van der Waals surface area contributed by atoms with E-state index < -0.39 is 11.7 Å². The second-order valence-electron chi connectivity index (χ2n) is 7.13. The van der Waals surface area contributed by atoms with E-state index in [9.17, 15) is 14.0 Å². The molecule has 1 saturated heterocycles. The predicted octanol–water partition coefficient (Wildman–Crippen LogP) is 4.71. The lowest BCUT2D eigenvalue weighted by molar-refractivity contribution is 0.0792. The molecule has 0 radical (unpaired) electrons. The Morgan fingerprint density at radius 1 is 0.862 bits per heavy atom. The first-order valence-electron chi connectivity index (χ1n) is 9.62. The molecule has 3 aromatic rings. The van der Waals surface area contributed by atoms with Gasteiger partial charge in [-0.25, -0.2) is 4.39 Å². The van der Waals surface area contributed by atoms with Gasteiger partial charge in [-0.05, 0) is 36.2 Å². The lowest BCUT2D eigenvalue weighted by atomic mass is 9.99. The second kappa shape index (κ2) is 8.27. The highest BCUT2D eigenvalue weighted by molar-refractivity contribution is 6.09. The summed E-state index contributed by atoms with van der Waals surface area (Å²) in [7, 11) is 0. The number of likely N-dealkylation sites (tertiary alicyclic amines) is 1. The Labute approximate surface area is 169 Å². The van der Waals surface area contributed by atoms with E-state index in [2.05, 4.69) is 17.4 Å². The number of amides is 2. The van der Waals surface area contributed by atoms with Gasteiger partial charge >= 0.3 is 0 Å². The summed E-state index contributed by atoms with van der Waals surface area (Å²) in [6.45, 7) is 1.30. The molecule has 1 N–H and O–H groups in total. The minimum atomic E-state index is -0.598. The summed E-state index contributed by atoms with van der Waals surface area (Å²) >= 11 is 0. The summed E-state index contributed by atoms with van der Waals surface area (Å²) in [5.41, 5.74) is 1.96. The van der Waals surface area contributed by atoms with E-state index in [-0.39, 0.29) is 11.5 Å². The van der Waals surface area contributed by atoms with Gasteiger partial charge < -0.3 is 10.2 Å². The lowest BCUT2D eigenvalue weighted by Crippen LogP contribution is -2.29. The van der Waals surface area contributed by atoms with Crippen LogP contribution in [0.15, 0.2) is 78.9 Å². The summed E-state index contributed by atoms with van der Waals surface area (Å²) < 4.78 is 13.9. The first kappa shape index (κ1) is 18.9. The normalized spacial score (nSPS) is 15.9. The first-order chi connectivity index (χ1) is 14.1. The molecule has 0 aliphatic carbocycles. The molecule has 2 amide bonds. The van der Waals surface area contributed by atoms with Crippen LogP contribution in [0.2, 0.25) is 0 Å². The molecule has 0 saturated carbocycles. The zero-order chi connectivity index (χ0) is 20.2. The number of carbonyl (C=O) groups is 2. The summed E-state index contributed by atoms with van der Waals surface area (Å²) in [4.78, 5) is 27.4. The molecule has 1 aliphatic rings. The van der Waals surface area contributed by atoms with Crippen LogP contribution < -0.4 is 5.32 Å². The van der Waals surface area contributed by atoms with Gasteiger partial charge in [-0.15, -0.1) is 0 Å². The molecular formula is C24H21FN2O2. The highest BCUT2D eigenvalue weighted by Gasteiger charge is 2.29. The molecule has 0 bridgehead atoms. The third-order valence-electron chi connectivity index (χ3n) is 5.27. The molecule has 1 unspecified atom stereocenters. The maximum atomic E-state index is 13.9. The van der Waals surface area contributed by atoms with Crippen molar-refractivity contribution in [2.45, 2.75) is 12.3 Å². The summed E-state index contributed by atoms with van der Waals surface area (Å²) in [5.74, 6) is -1.00. The van der Waals surface area contributed by atoms with E-state index in [4.69, 9.17) is 0 Å². The Morgan fingerprint density at radius 3 is 2.28 bits per heavy atom. The van der Waals surface area contributed by atoms with Crippen LogP contribution in [-0.4, -0.2) is 29.8 Å². The molecule has 1 fully saturated rings. The van der Waals surface area contributed by atoms with Gasteiger partial charge in [-0.1, -0.05) is 54.6 Å². The Morgan fingerprint density at radius 2 is 1.52 bits per heavy atom. The van der Waals surface area contributed by atoms with Gasteiger partial charge in [-0.2, -0.15) is 0 Å². The smallest absolute Gasteiger partial charge is 0.258 e. The van der Waals surface area contributed by atoms with Crippen LogP contribution in [0, 0.1) is 5.82 Å². The summed E-state index contributed by atoms with van der Waals surface area (Å²) in [6, 6.07) is 22.8. The number of rotatable bonds is 4. The van der Waals surface area contributed by atoms with Crippen LogP contribution >= 0.6 is 0 Å². The molecule has 1 heterocycles. The van der Waals surface area contributed by atoms with Crippen molar-refractivity contribution >= 4 is 17.5 Å². The van der Waals surface area contributed by atoms with E-state index in [1.807, 2.05) is 23.1 Å². The minimum Gasteiger partial charge on any atom is -0.338 e. The average Bonchev–Trinajstić information content (AvgIpc) is 3.25. The summed E-state index contributed by atoms with van der Waals surface area (Å²) in [6.07, 6.45) is 0.902. The molecule has 1 aliphatic heterocycles. The van der Waals surface area contributed by atoms with Crippen LogP contribution in [0.1, 0.15) is 38.6 Å². The van der Waals surface area contributed by atoms with Crippen molar-refractivity contribution in [2.24, 2.45) is 0 Å². The monoisotopic (exact) mass is 388 g/mol. The minimum absolute atomic E-state index is 0.0555. The lowest BCUT2D eigenvalue weighted by Gasteiger charge is -2.19. The highest BCUT2D eigenvalue weighted by Crippen LogP contribution is 2.29. The van der Waals surface area contributed by atoms with Crippen LogP contribution in [0.4, 0.5) is 10.1 Å². The predicted molar refractivity (Wildman–Crippen MR) is 110 cm³/mol. The van der Waals surface area contributed by atoms with E-state index in [1.165, 1.54) is 23.8 Å². The topological polar surface area (TPSA) is 49.4 Å². The first-order valence-corrected chi connectivity index (χ1v) is 9.62. The Kier molecular flexibility index (Phi) is 5.38. The number of para-hydroxylation sites is 1. The van der Waals surface area contributed by atoms with Crippen LogP contribution in [0.3, 0.4) is 0 Å². The van der Waals surface area contributed by atoms with Crippen molar-refractivity contribution < 1.29 is 14.0 Å². The molecular weight excluding hydrogens is 367 g/mol. The van der Waals surface area contributed by atoms with Gasteiger partial charge in [0.15, 0.2) is 0 Å². The molecule has 29 heavy (non-hydrogen) atoms. The van der Waals surface area contributed by atoms with Crippen molar-refractivity contribution in [1.29, 1.82) is 0 Å². The molecule has 4 nitrogen and oxygen atoms in total. The number of nitrogens with one attached hydrogen (secondary N) is 1. The largest absolute Gasteiger partial charge is 0.338 e. The molecule has 5 heteroatoms. The number of benzene rings is 3. The van der Waals surface area contributed by atoms with E-state index in [1.54, 1.807) is 30.3 Å². The maximum Gasteiger partial charge on any atom is 0.258 e. The molecule has 1 atom stereocenters. The molecule has 4 rings (SSSR count). The van der Waals surface area contributed by atoms with E-state index in [0.29, 0.717) is 30.3 Å². The van der Waals surface area contributed by atoms with Crippen LogP contribution in [0.5, 0.6) is 0 Å². The molecule has 0 spiro atoms. The maximum absolute atomic E-state index is 13.9. The highest BCUT2D eigenvalue weighted by atomic mass is 19.1. The average molecular weight is 388 g/mol. The number of carbonyl (C=O) groups excluding carboxylic acids is 2. The van der Waals surface area contributed by atoms with Gasteiger partial charge in [0.1, 0.15) is 5.82 Å². The zero-order valence-electron chi connectivity index (χ0n) is 15.8. The van der Waals surface area contributed by atoms with Gasteiger partial charge in [0.2, 0.25) is 0 Å². The van der Waals surface area contributed by atoms with Crippen molar-refractivity contribution in [1.82, 2.24) is 4.90 Å². The standard InChI is InChI=1S/C24H21FN2O2/c25-21-12-6-4-10-19(21)23(28)26-22-13-7-5-11-20(22)24(29)27-15-14-18(16-27)17-8-2-1-3-9-17/h1-13,18H,14-16H2,(H,26,28). The molecule has 146 valence electrons. The zero-order valence-corrected chi connectivity index (χ0v) is 15.8. The van der Waals surface area contributed by atoms with Gasteiger partial charge in [0, 0.05) is 19.0 Å². The van der Waals surface area contributed by atoms with Crippen LogP contribution in [-0.2, 0) is 0 Å². The van der Waals surface area contributed by atoms with Crippen molar-refractivity contribution in [3.05, 3.63) is 101 Å². The number of hydrogen-bond donors (Lipinski definition) is 1. The fourth-order valence-electron chi connectivity index (χ4n) is 3.73. The number of nitrogens with zero attached hydrogens (tertiary/aromatic N) is 1. The third-order valence-corrected chi connectivity index (χ3v) is 5.27. The van der Waals surface area contributed by atoms with Crippen molar-refractivity contribution in [3.63, 3.8) is 0 Å². The van der Waals surface area contributed by atoms with Crippen LogP contribution in [0.25, 0.3) is 0 Å². The van der Waals surface area contributed by atoms with E-state index in [0.717, 1.165) is 6.42 Å².